The van der Waals surface area contributed by atoms with Crippen molar-refractivity contribution in [3.63, 3.8) is 0 Å². The van der Waals surface area contributed by atoms with Crippen LogP contribution >= 0.6 is 0 Å². The molecular weight excluding hydrogens is 753 g/mol. The number of benzene rings is 4. The third-order valence-corrected chi connectivity index (χ3v) is 14.0. The standard InChI is InChI=1S/C58H50N4/c1-5-19-41(20-6-1)59(45-35-37-57-51(39-45)49-27-13-15-31-55(49)61(57)43-23-9-3-10-24-43)53-33-17-30-48-47(53)29-18-34-54(48)60(42-21-7-2-8-22-42)46-36-38-58-52(40-46)50-28-14-16-32-56(50)62(58)44-25-11-4-12-26-44/h1,3-7,9-23,25-40,43,47-50,55-56H,2,8,24H2. The molecule has 0 saturated heterocycles. The summed E-state index contributed by atoms with van der Waals surface area (Å²) >= 11 is 0. The fourth-order valence-corrected chi connectivity index (χ4v) is 11.3. The van der Waals surface area contributed by atoms with Crippen molar-refractivity contribution in [1.29, 1.82) is 0 Å². The van der Waals surface area contributed by atoms with E-state index in [4.69, 9.17) is 0 Å². The van der Waals surface area contributed by atoms with E-state index in [0.29, 0.717) is 18.0 Å². The van der Waals surface area contributed by atoms with Crippen molar-refractivity contribution in [2.45, 2.75) is 49.2 Å². The lowest BCUT2D eigenvalue weighted by molar-refractivity contribution is 0.570. The molecule has 0 fully saturated rings. The van der Waals surface area contributed by atoms with Gasteiger partial charge >= 0.3 is 0 Å². The quantitative estimate of drug-likeness (QED) is 0.176. The van der Waals surface area contributed by atoms with Crippen molar-refractivity contribution >= 4 is 34.1 Å². The van der Waals surface area contributed by atoms with E-state index >= 15 is 0 Å². The summed E-state index contributed by atoms with van der Waals surface area (Å²) in [5.74, 6) is 0.810. The number of para-hydroxylation sites is 2. The van der Waals surface area contributed by atoms with Crippen LogP contribution in [0.5, 0.6) is 0 Å². The predicted octanol–water partition coefficient (Wildman–Crippen LogP) is 13.7. The van der Waals surface area contributed by atoms with Gasteiger partial charge in [0, 0.05) is 74.9 Å². The van der Waals surface area contributed by atoms with Gasteiger partial charge < -0.3 is 19.6 Å². The summed E-state index contributed by atoms with van der Waals surface area (Å²) in [6, 6.07) is 37.2. The molecule has 0 bridgehead atoms. The average molecular weight is 803 g/mol. The number of fused-ring (bicyclic) bond motifs is 7. The van der Waals surface area contributed by atoms with Gasteiger partial charge in [-0.1, -0.05) is 146 Å². The SMILES string of the molecule is C1=CCC(N2c3ccc(N(C4=CC=CC5C(N(C6=CCCC=C6)c6ccc7c(c6)C6C=CC=CC6N7c6ccccc6)=CC=CC45)c4ccccc4)cc3C3C=CC=CC32)C=C1. The molecule has 4 heteroatoms. The van der Waals surface area contributed by atoms with Gasteiger partial charge in [-0.25, -0.2) is 0 Å². The summed E-state index contributed by atoms with van der Waals surface area (Å²) in [7, 11) is 0. The molecule has 62 heavy (non-hydrogen) atoms. The molecular formula is C58H50N4. The molecule has 0 saturated carbocycles. The number of rotatable bonds is 8. The summed E-state index contributed by atoms with van der Waals surface area (Å²) in [6.45, 7) is 0. The highest BCUT2D eigenvalue weighted by Crippen LogP contribution is 2.52. The minimum absolute atomic E-state index is 0.115. The van der Waals surface area contributed by atoms with Crippen LogP contribution in [0.4, 0.5) is 34.1 Å². The Balaban J connectivity index is 0.930. The molecule has 0 aromatic heterocycles. The van der Waals surface area contributed by atoms with Crippen molar-refractivity contribution in [2.75, 3.05) is 19.6 Å². The Hall–Kier alpha value is -7.04. The molecule has 7 unspecified atom stereocenters. The van der Waals surface area contributed by atoms with Crippen LogP contribution in [0.25, 0.3) is 0 Å². The van der Waals surface area contributed by atoms with E-state index in [9.17, 15) is 0 Å². The summed E-state index contributed by atoms with van der Waals surface area (Å²) < 4.78 is 0. The molecule has 0 amide bonds. The Kier molecular flexibility index (Phi) is 9.17. The second kappa shape index (κ2) is 15.5. The van der Waals surface area contributed by atoms with Crippen LogP contribution in [-0.4, -0.2) is 18.1 Å². The highest BCUT2D eigenvalue weighted by atomic mass is 15.2. The second-order valence-electron chi connectivity index (χ2n) is 17.4. The van der Waals surface area contributed by atoms with E-state index in [1.54, 1.807) is 0 Å². The average Bonchev–Trinajstić information content (AvgIpc) is 3.85. The lowest BCUT2D eigenvalue weighted by atomic mass is 9.78. The second-order valence-corrected chi connectivity index (χ2v) is 17.4. The van der Waals surface area contributed by atoms with Crippen LogP contribution in [0.2, 0.25) is 0 Å². The van der Waals surface area contributed by atoms with E-state index in [1.807, 2.05) is 0 Å². The number of hydrogen-bond donors (Lipinski definition) is 0. The zero-order valence-corrected chi connectivity index (χ0v) is 34.8. The smallest absolute Gasteiger partial charge is 0.0629 e. The minimum atomic E-state index is 0.115. The van der Waals surface area contributed by atoms with Crippen LogP contribution in [0.3, 0.4) is 0 Å². The van der Waals surface area contributed by atoms with E-state index < -0.39 is 0 Å². The number of anilines is 6. The summed E-state index contributed by atoms with van der Waals surface area (Å²) in [6.07, 6.45) is 51.9. The normalized spacial score (nSPS) is 26.6. The van der Waals surface area contributed by atoms with Crippen LogP contribution in [0.1, 0.15) is 42.2 Å². The first-order valence-corrected chi connectivity index (χ1v) is 22.5. The Morgan fingerprint density at radius 1 is 0.468 bits per heavy atom. The molecule has 0 radical (unpaired) electrons. The highest BCUT2D eigenvalue weighted by molar-refractivity contribution is 5.80. The first-order chi connectivity index (χ1) is 30.8. The molecule has 6 aliphatic carbocycles. The Bertz CT molecular complexity index is 2790. The van der Waals surface area contributed by atoms with E-state index in [1.165, 1.54) is 62.3 Å². The van der Waals surface area contributed by atoms with Crippen molar-refractivity contribution in [3.05, 3.63) is 253 Å². The van der Waals surface area contributed by atoms with E-state index in [2.05, 4.69) is 244 Å². The lowest BCUT2D eigenvalue weighted by Gasteiger charge is -2.42. The molecule has 7 atom stereocenters. The molecule has 302 valence electrons. The zero-order chi connectivity index (χ0) is 41.0. The molecule has 2 heterocycles. The molecule has 8 aliphatic rings. The fraction of sp³-hybridized carbons (Fsp3) is 0.172. The van der Waals surface area contributed by atoms with Gasteiger partial charge in [0.2, 0.25) is 0 Å². The first kappa shape index (κ1) is 36.8. The van der Waals surface area contributed by atoms with Crippen LogP contribution in [-0.2, 0) is 0 Å². The lowest BCUT2D eigenvalue weighted by Crippen LogP contribution is -2.40. The van der Waals surface area contributed by atoms with Gasteiger partial charge in [0.1, 0.15) is 0 Å². The van der Waals surface area contributed by atoms with Crippen molar-refractivity contribution in [3.8, 4) is 0 Å². The molecule has 0 spiro atoms. The van der Waals surface area contributed by atoms with Crippen LogP contribution in [0, 0.1) is 11.8 Å². The molecule has 4 nitrogen and oxygen atoms in total. The minimum Gasteiger partial charge on any atom is -0.357 e. The fourth-order valence-electron chi connectivity index (χ4n) is 11.3. The maximum absolute atomic E-state index is 2.65. The molecule has 0 N–H and O–H groups in total. The zero-order valence-electron chi connectivity index (χ0n) is 34.8. The molecule has 12 rings (SSSR count). The van der Waals surface area contributed by atoms with Gasteiger partial charge in [-0.15, -0.1) is 0 Å². The molecule has 2 aliphatic heterocycles. The summed E-state index contributed by atoms with van der Waals surface area (Å²) in [5.41, 5.74) is 14.0. The molecule has 4 aromatic rings. The number of allylic oxidation sites excluding steroid dienone is 15. The highest BCUT2D eigenvalue weighted by Gasteiger charge is 2.42. The van der Waals surface area contributed by atoms with Crippen LogP contribution in [0.15, 0.2) is 242 Å². The Labute approximate surface area is 366 Å². The summed E-state index contributed by atoms with van der Waals surface area (Å²) in [4.78, 5) is 10.3. The third-order valence-electron chi connectivity index (χ3n) is 14.0. The van der Waals surface area contributed by atoms with Crippen molar-refractivity contribution in [1.82, 2.24) is 0 Å². The maximum atomic E-state index is 2.65. The monoisotopic (exact) mass is 802 g/mol. The molecule has 4 aromatic carbocycles. The van der Waals surface area contributed by atoms with Crippen molar-refractivity contribution < 1.29 is 0 Å². The largest absolute Gasteiger partial charge is 0.357 e. The van der Waals surface area contributed by atoms with Gasteiger partial charge in [-0.05, 0) is 109 Å². The Morgan fingerprint density at radius 2 is 1.08 bits per heavy atom. The Morgan fingerprint density at radius 3 is 1.79 bits per heavy atom. The van der Waals surface area contributed by atoms with Gasteiger partial charge in [-0.2, -0.15) is 0 Å². The number of nitrogens with zero attached hydrogens (tertiary/aromatic N) is 4. The van der Waals surface area contributed by atoms with E-state index in [-0.39, 0.29) is 23.8 Å². The topological polar surface area (TPSA) is 13.0 Å². The number of hydrogen-bond acceptors (Lipinski definition) is 4. The van der Waals surface area contributed by atoms with Gasteiger partial charge in [-0.3, -0.25) is 0 Å². The van der Waals surface area contributed by atoms with Gasteiger partial charge in [0.15, 0.2) is 0 Å². The van der Waals surface area contributed by atoms with Crippen molar-refractivity contribution in [2.24, 2.45) is 11.8 Å². The third kappa shape index (κ3) is 6.11. The van der Waals surface area contributed by atoms with E-state index in [0.717, 1.165) is 19.3 Å². The maximum Gasteiger partial charge on any atom is 0.0629 e. The van der Waals surface area contributed by atoms with Crippen LogP contribution < -0.4 is 19.6 Å². The summed E-state index contributed by atoms with van der Waals surface area (Å²) in [5, 5.41) is 0. The predicted molar refractivity (Wildman–Crippen MR) is 259 cm³/mol. The van der Waals surface area contributed by atoms with Gasteiger partial charge in [0.05, 0.1) is 18.1 Å². The van der Waals surface area contributed by atoms with Gasteiger partial charge in [0.25, 0.3) is 0 Å². The first-order valence-electron chi connectivity index (χ1n) is 22.5.